The summed E-state index contributed by atoms with van der Waals surface area (Å²) >= 11 is 0. The van der Waals surface area contributed by atoms with Gasteiger partial charge in [-0.25, -0.2) is 0 Å². The normalized spacial score (nSPS) is 12.1. The summed E-state index contributed by atoms with van der Waals surface area (Å²) in [6.07, 6.45) is 0. The average Bonchev–Trinajstić information content (AvgIpc) is 2.59. The quantitative estimate of drug-likeness (QED) is 0.545. The third-order valence-corrected chi connectivity index (χ3v) is 5.60. The van der Waals surface area contributed by atoms with Crippen molar-refractivity contribution in [1.29, 1.82) is 0 Å². The number of hydrogen-bond acceptors (Lipinski definition) is 5. The van der Waals surface area contributed by atoms with E-state index in [0.717, 1.165) is 6.07 Å². The Morgan fingerprint density at radius 2 is 1.50 bits per heavy atom. The Hall–Kier alpha value is -2.99. The fourth-order valence-electron chi connectivity index (χ4n) is 2.56. The van der Waals surface area contributed by atoms with E-state index in [4.69, 9.17) is 5.73 Å². The Morgan fingerprint density at radius 3 is 2.07 bits per heavy atom. The highest BCUT2D eigenvalue weighted by atomic mass is 32.2. The Balaban J connectivity index is 2.10. The van der Waals surface area contributed by atoms with Crippen molar-refractivity contribution in [3.8, 4) is 0 Å². The van der Waals surface area contributed by atoms with Crippen LogP contribution in [0.3, 0.4) is 0 Å². The van der Waals surface area contributed by atoms with Crippen molar-refractivity contribution in [2.24, 2.45) is 0 Å². The third kappa shape index (κ3) is 4.12. The van der Waals surface area contributed by atoms with Crippen LogP contribution in [0.2, 0.25) is 0 Å². The van der Waals surface area contributed by atoms with E-state index in [0.29, 0.717) is 6.07 Å². The van der Waals surface area contributed by atoms with E-state index >= 15 is 0 Å². The van der Waals surface area contributed by atoms with Crippen molar-refractivity contribution >= 4 is 48.3 Å². The molecule has 28 heavy (non-hydrogen) atoms. The lowest BCUT2D eigenvalue weighted by Gasteiger charge is -2.10. The number of hydrogen-bond donors (Lipinski definition) is 3. The monoisotopic (exact) mass is 421 g/mol. The summed E-state index contributed by atoms with van der Waals surface area (Å²) in [6, 6.07) is 11.4. The van der Waals surface area contributed by atoms with Gasteiger partial charge < -0.3 is 11.1 Å². The van der Waals surface area contributed by atoms with Gasteiger partial charge in [-0.05, 0) is 53.9 Å². The maximum atomic E-state index is 12.3. The van der Waals surface area contributed by atoms with Crippen molar-refractivity contribution in [1.82, 2.24) is 5.73 Å². The molecule has 0 unspecified atom stereocenters. The first-order valence-corrected chi connectivity index (χ1v) is 10.5. The van der Waals surface area contributed by atoms with Crippen LogP contribution < -0.4 is 11.1 Å². The lowest BCUT2D eigenvalue weighted by Crippen LogP contribution is -2.12. The van der Waals surface area contributed by atoms with Crippen molar-refractivity contribution in [2.45, 2.75) is 9.79 Å². The van der Waals surface area contributed by atoms with Gasteiger partial charge in [-0.3, -0.25) is 13.9 Å². The van der Waals surface area contributed by atoms with Gasteiger partial charge in [0.15, 0.2) is 0 Å². The highest BCUT2D eigenvalue weighted by Gasteiger charge is 2.21. The molecular weight excluding hydrogens is 408 g/mol. The van der Waals surface area contributed by atoms with Crippen molar-refractivity contribution in [3.05, 3.63) is 60.2 Å². The van der Waals surface area contributed by atoms with Gasteiger partial charge in [0.05, 0.1) is 10.6 Å². The lowest BCUT2D eigenvalue weighted by molar-refractivity contribution is 0.102. The first kappa shape index (κ1) is 19.8. The maximum absolute atomic E-state index is 12.3. The largest absolute Gasteiger partial charge is 0.322 e. The highest BCUT2D eigenvalue weighted by Crippen LogP contribution is 2.29. The summed E-state index contributed by atoms with van der Waals surface area (Å²) in [5.74, 6) is -0.512. The summed E-state index contributed by atoms with van der Waals surface area (Å²) in [5, 5.41) is 2.61. The predicted octanol–water partition coefficient (Wildman–Crippen LogP) is 2.50. The van der Waals surface area contributed by atoms with Gasteiger partial charge >= 0.3 is 0 Å². The summed E-state index contributed by atoms with van der Waals surface area (Å²) in [6.45, 7) is 0. The molecule has 0 aliphatic heterocycles. The van der Waals surface area contributed by atoms with Crippen molar-refractivity contribution in [2.75, 3.05) is 5.32 Å². The number of benzene rings is 3. The second-order valence-electron chi connectivity index (χ2n) is 5.84. The number of fused-ring (bicyclic) bond motifs is 1. The van der Waals surface area contributed by atoms with E-state index in [9.17, 15) is 30.7 Å². The van der Waals surface area contributed by atoms with Crippen LogP contribution in [0.4, 0.5) is 11.4 Å². The molecule has 3 aromatic carbocycles. The van der Waals surface area contributed by atoms with Gasteiger partial charge in [0.1, 0.15) is 4.90 Å². The van der Waals surface area contributed by atoms with Gasteiger partial charge in [0.2, 0.25) is 0 Å². The Morgan fingerprint density at radius 1 is 0.857 bits per heavy atom. The first-order valence-electron chi connectivity index (χ1n) is 7.61. The SMILES string of the molecule is [NH]c1ccc(C(=O)Nc2ccc3cc(S(=O)(=O)O)cc(S(=O)(=O)O)c3c2)cc1. The fourth-order valence-corrected chi connectivity index (χ4v) is 3.91. The molecule has 145 valence electrons. The summed E-state index contributed by atoms with van der Waals surface area (Å²) in [7, 11) is -9.53. The first-order chi connectivity index (χ1) is 12.9. The predicted molar refractivity (Wildman–Crippen MR) is 101 cm³/mol. The van der Waals surface area contributed by atoms with E-state index in [-0.39, 0.29) is 27.7 Å². The molecule has 0 aliphatic carbocycles. The highest BCUT2D eigenvalue weighted by molar-refractivity contribution is 7.86. The summed E-state index contributed by atoms with van der Waals surface area (Å²) < 4.78 is 64.7. The van der Waals surface area contributed by atoms with E-state index in [1.165, 1.54) is 42.5 Å². The zero-order valence-corrected chi connectivity index (χ0v) is 15.6. The maximum Gasteiger partial charge on any atom is 0.295 e. The molecule has 0 spiro atoms. The molecule has 3 rings (SSSR count). The topological polar surface area (TPSA) is 162 Å². The Kier molecular flexibility index (Phi) is 4.85. The lowest BCUT2D eigenvalue weighted by atomic mass is 10.1. The molecule has 3 aromatic rings. The minimum atomic E-state index is -4.82. The molecule has 11 heteroatoms. The number of rotatable bonds is 4. The number of anilines is 1. The molecule has 0 fully saturated rings. The zero-order valence-electron chi connectivity index (χ0n) is 13.9. The zero-order chi connectivity index (χ0) is 20.7. The van der Waals surface area contributed by atoms with Crippen LogP contribution in [0.1, 0.15) is 10.4 Å². The van der Waals surface area contributed by atoms with Crippen LogP contribution in [0, 0.1) is 0 Å². The van der Waals surface area contributed by atoms with Gasteiger partial charge in [0.25, 0.3) is 26.1 Å². The molecule has 4 N–H and O–H groups in total. The molecule has 9 nitrogen and oxygen atoms in total. The molecule has 0 aliphatic rings. The van der Waals surface area contributed by atoms with Crippen LogP contribution in [-0.2, 0) is 20.2 Å². The molecule has 0 saturated heterocycles. The molecule has 1 radical (unpaired) electrons. The molecule has 0 aromatic heterocycles. The van der Waals surface area contributed by atoms with Gasteiger partial charge in [-0.1, -0.05) is 6.07 Å². The van der Waals surface area contributed by atoms with Gasteiger partial charge in [-0.15, -0.1) is 0 Å². The number of carbonyl (C=O) groups is 1. The van der Waals surface area contributed by atoms with E-state index < -0.39 is 35.9 Å². The second-order valence-corrected chi connectivity index (χ2v) is 8.65. The minimum Gasteiger partial charge on any atom is -0.322 e. The molecule has 1 amide bonds. The summed E-state index contributed by atoms with van der Waals surface area (Å²) in [4.78, 5) is 10.9. The summed E-state index contributed by atoms with van der Waals surface area (Å²) in [5.41, 5.74) is 8.11. The number of carbonyl (C=O) groups excluding carboxylic acids is 1. The Labute approximate surface area is 160 Å². The van der Waals surface area contributed by atoms with E-state index in [1.807, 2.05) is 0 Å². The number of amides is 1. The van der Waals surface area contributed by atoms with E-state index in [1.54, 1.807) is 0 Å². The smallest absolute Gasteiger partial charge is 0.295 e. The number of nitrogens with one attached hydrogen (secondary N) is 2. The van der Waals surface area contributed by atoms with E-state index in [2.05, 4.69) is 5.32 Å². The van der Waals surface area contributed by atoms with Crippen LogP contribution in [0.5, 0.6) is 0 Å². The average molecular weight is 421 g/mol. The molecule has 0 heterocycles. The molecule has 0 atom stereocenters. The van der Waals surface area contributed by atoms with Crippen molar-refractivity contribution < 1.29 is 30.7 Å². The van der Waals surface area contributed by atoms with Crippen LogP contribution in [-0.4, -0.2) is 31.8 Å². The second kappa shape index (κ2) is 6.87. The third-order valence-electron chi connectivity index (χ3n) is 3.87. The molecular formula is C17H13N2O7S2. The van der Waals surface area contributed by atoms with Crippen LogP contribution in [0.25, 0.3) is 10.8 Å². The minimum absolute atomic E-state index is 0.0470. The van der Waals surface area contributed by atoms with Crippen LogP contribution >= 0.6 is 0 Å². The molecule has 0 bridgehead atoms. The van der Waals surface area contributed by atoms with Crippen LogP contribution in [0.15, 0.2) is 64.4 Å². The van der Waals surface area contributed by atoms with Crippen molar-refractivity contribution in [3.63, 3.8) is 0 Å². The Bertz CT molecular complexity index is 1300. The molecule has 0 saturated carbocycles. The van der Waals surface area contributed by atoms with Gasteiger partial charge in [0, 0.05) is 16.6 Å². The standard InChI is InChI=1S/C17H13N2O7S2/c18-12-4-1-10(2-5-12)17(20)19-13-6-3-11-7-14(27(21,22)23)9-16(15(11)8-13)28(24,25)26/h1-9,18H,(H,19,20)(H,21,22,23)(H,24,25,26). The van der Waals surface area contributed by atoms with Gasteiger partial charge in [-0.2, -0.15) is 16.8 Å². The fraction of sp³-hybridized carbons (Fsp3) is 0.